The third-order valence-corrected chi connectivity index (χ3v) is 5.53. The highest BCUT2D eigenvalue weighted by molar-refractivity contribution is 7.90. The van der Waals surface area contributed by atoms with E-state index in [4.69, 9.17) is 0 Å². The molecule has 3 rings (SSSR count). The molecule has 0 N–H and O–H groups in total. The van der Waals surface area contributed by atoms with Gasteiger partial charge < -0.3 is 0 Å². The lowest BCUT2D eigenvalue weighted by Crippen LogP contribution is -2.10. The van der Waals surface area contributed by atoms with Gasteiger partial charge in [-0.15, -0.1) is 0 Å². The maximum Gasteiger partial charge on any atom is 0.435 e. The second-order valence-electron chi connectivity index (χ2n) is 6.63. The monoisotopic (exact) mass is 430 g/mol. The summed E-state index contributed by atoms with van der Waals surface area (Å²) in [5.74, 6) is -2.84. The van der Waals surface area contributed by atoms with Gasteiger partial charge in [-0.2, -0.15) is 18.3 Å². The molecule has 10 heteroatoms. The quantitative estimate of drug-likeness (QED) is 0.558. The third-order valence-electron chi connectivity index (χ3n) is 4.40. The number of benzene rings is 2. The summed E-state index contributed by atoms with van der Waals surface area (Å²) >= 11 is 0. The Kier molecular flexibility index (Phi) is 5.02. The maximum absolute atomic E-state index is 14.3. The number of hydrogen-bond acceptors (Lipinski definition) is 3. The highest BCUT2D eigenvalue weighted by atomic mass is 32.2. The molecule has 1 heterocycles. The Morgan fingerprint density at radius 1 is 0.931 bits per heavy atom. The van der Waals surface area contributed by atoms with Gasteiger partial charge >= 0.3 is 6.18 Å². The predicted octanol–water partition coefficient (Wildman–Crippen LogP) is 4.86. The van der Waals surface area contributed by atoms with E-state index in [2.05, 4.69) is 5.10 Å². The van der Waals surface area contributed by atoms with Crippen LogP contribution in [-0.4, -0.2) is 24.5 Å². The summed E-state index contributed by atoms with van der Waals surface area (Å²) in [7, 11) is -4.21. The fourth-order valence-corrected chi connectivity index (χ4v) is 3.67. The second-order valence-corrected chi connectivity index (χ2v) is 8.59. The van der Waals surface area contributed by atoms with Crippen LogP contribution in [0.2, 0.25) is 0 Å². The molecule has 0 saturated carbocycles. The van der Waals surface area contributed by atoms with Gasteiger partial charge in [-0.1, -0.05) is 12.1 Å². The Morgan fingerprint density at radius 3 is 2.00 bits per heavy atom. The van der Waals surface area contributed by atoms with Gasteiger partial charge in [0.1, 0.15) is 16.5 Å². The SMILES string of the molecule is Cc1ccc(-c2cc(C(F)(F)F)nn2-c2cc(F)c(S(C)(=O)=O)c(F)c2)cc1C. The smallest absolute Gasteiger partial charge is 0.232 e. The summed E-state index contributed by atoms with van der Waals surface area (Å²) in [6.45, 7) is 3.59. The van der Waals surface area contributed by atoms with Crippen molar-refractivity contribution < 1.29 is 30.4 Å². The average molecular weight is 430 g/mol. The molecule has 0 bridgehead atoms. The van der Waals surface area contributed by atoms with E-state index in [1.165, 1.54) is 0 Å². The Hall–Kier alpha value is -2.75. The lowest BCUT2D eigenvalue weighted by atomic mass is 10.0. The zero-order valence-corrected chi connectivity index (χ0v) is 16.3. The van der Waals surface area contributed by atoms with Gasteiger partial charge in [0.05, 0.1) is 11.4 Å². The lowest BCUT2D eigenvalue weighted by molar-refractivity contribution is -0.141. The summed E-state index contributed by atoms with van der Waals surface area (Å²) in [4.78, 5) is -1.16. The maximum atomic E-state index is 14.3. The van der Waals surface area contributed by atoms with Crippen LogP contribution in [0.15, 0.2) is 41.3 Å². The molecule has 3 aromatic rings. The van der Waals surface area contributed by atoms with Crippen LogP contribution >= 0.6 is 0 Å². The Morgan fingerprint density at radius 2 is 1.52 bits per heavy atom. The van der Waals surface area contributed by atoms with Crippen molar-refractivity contribution >= 4 is 9.84 Å². The molecule has 0 unspecified atom stereocenters. The van der Waals surface area contributed by atoms with E-state index in [-0.39, 0.29) is 11.4 Å². The average Bonchev–Trinajstić information content (AvgIpc) is 3.01. The number of alkyl halides is 3. The van der Waals surface area contributed by atoms with E-state index < -0.39 is 38.2 Å². The topological polar surface area (TPSA) is 52.0 Å². The van der Waals surface area contributed by atoms with Gasteiger partial charge in [-0.3, -0.25) is 0 Å². The molecule has 154 valence electrons. The van der Waals surface area contributed by atoms with Crippen LogP contribution in [0.4, 0.5) is 22.0 Å². The molecule has 0 fully saturated rings. The Balaban J connectivity index is 2.29. The van der Waals surface area contributed by atoms with Crippen LogP contribution in [0.5, 0.6) is 0 Å². The lowest BCUT2D eigenvalue weighted by Gasteiger charge is -2.11. The molecule has 1 aromatic heterocycles. The number of halogens is 5. The number of aromatic nitrogens is 2. The predicted molar refractivity (Wildman–Crippen MR) is 96.5 cm³/mol. The van der Waals surface area contributed by atoms with E-state index in [1.807, 2.05) is 6.92 Å². The van der Waals surface area contributed by atoms with Crippen molar-refractivity contribution in [2.75, 3.05) is 6.26 Å². The van der Waals surface area contributed by atoms with Crippen molar-refractivity contribution in [1.29, 1.82) is 0 Å². The minimum atomic E-state index is -4.79. The highest BCUT2D eigenvalue weighted by Crippen LogP contribution is 2.34. The summed E-state index contributed by atoms with van der Waals surface area (Å²) in [6.07, 6.45) is -4.16. The molecule has 0 aliphatic rings. The first-order valence-electron chi connectivity index (χ1n) is 8.23. The van der Waals surface area contributed by atoms with Gasteiger partial charge in [-0.25, -0.2) is 21.9 Å². The van der Waals surface area contributed by atoms with Crippen molar-refractivity contribution in [3.8, 4) is 16.9 Å². The molecule has 0 spiro atoms. The first-order chi connectivity index (χ1) is 13.3. The Labute approximate surface area is 163 Å². The highest BCUT2D eigenvalue weighted by Gasteiger charge is 2.35. The van der Waals surface area contributed by atoms with Gasteiger partial charge in [0.25, 0.3) is 0 Å². The fraction of sp³-hybridized carbons (Fsp3) is 0.211. The standard InChI is InChI=1S/C19H15F5N2O2S/c1-10-4-5-12(6-11(10)2)16-9-17(19(22,23)24)25-26(16)13-7-14(20)18(15(21)8-13)29(3,27)28/h4-9H,1-3H3. The summed E-state index contributed by atoms with van der Waals surface area (Å²) in [6, 6.07) is 6.93. The van der Waals surface area contributed by atoms with Crippen molar-refractivity contribution in [3.05, 3.63) is 64.9 Å². The molecule has 29 heavy (non-hydrogen) atoms. The van der Waals surface area contributed by atoms with Crippen LogP contribution < -0.4 is 0 Å². The molecule has 0 amide bonds. The summed E-state index contributed by atoms with van der Waals surface area (Å²) in [5, 5.41) is 3.46. The number of rotatable bonds is 3. The molecule has 0 radical (unpaired) electrons. The van der Waals surface area contributed by atoms with Crippen molar-refractivity contribution in [2.45, 2.75) is 24.9 Å². The number of nitrogens with zero attached hydrogens (tertiary/aromatic N) is 2. The van der Waals surface area contributed by atoms with Crippen LogP contribution in [0.3, 0.4) is 0 Å². The van der Waals surface area contributed by atoms with Gasteiger partial charge in [0, 0.05) is 24.0 Å². The molecule has 0 atom stereocenters. The summed E-state index contributed by atoms with van der Waals surface area (Å²) < 4.78 is 92.2. The Bertz CT molecular complexity index is 1190. The number of sulfone groups is 1. The molecular formula is C19H15F5N2O2S. The van der Waals surface area contributed by atoms with Gasteiger partial charge in [0.2, 0.25) is 0 Å². The van der Waals surface area contributed by atoms with Gasteiger partial charge in [-0.05, 0) is 37.1 Å². The molecule has 0 saturated heterocycles. The zero-order chi connectivity index (χ0) is 21.7. The largest absolute Gasteiger partial charge is 0.435 e. The first-order valence-corrected chi connectivity index (χ1v) is 10.1. The van der Waals surface area contributed by atoms with Gasteiger partial charge in [0.15, 0.2) is 15.5 Å². The van der Waals surface area contributed by atoms with E-state index >= 15 is 0 Å². The van der Waals surface area contributed by atoms with E-state index in [0.717, 1.165) is 21.9 Å². The van der Waals surface area contributed by atoms with Crippen molar-refractivity contribution in [2.24, 2.45) is 0 Å². The number of hydrogen-bond donors (Lipinski definition) is 0. The van der Waals surface area contributed by atoms with Crippen LogP contribution in [-0.2, 0) is 16.0 Å². The fourth-order valence-electron chi connectivity index (χ4n) is 2.85. The molecular weight excluding hydrogens is 415 g/mol. The molecule has 2 aromatic carbocycles. The van der Waals surface area contributed by atoms with Crippen LogP contribution in [0.25, 0.3) is 16.9 Å². The first kappa shape index (κ1) is 21.0. The van der Waals surface area contributed by atoms with E-state index in [1.54, 1.807) is 25.1 Å². The normalized spacial score (nSPS) is 12.4. The van der Waals surface area contributed by atoms with Crippen molar-refractivity contribution in [3.63, 3.8) is 0 Å². The zero-order valence-electron chi connectivity index (χ0n) is 15.5. The van der Waals surface area contributed by atoms with E-state index in [9.17, 15) is 30.4 Å². The van der Waals surface area contributed by atoms with Crippen LogP contribution in [0, 0.1) is 25.5 Å². The molecule has 0 aliphatic heterocycles. The molecule has 0 aliphatic carbocycles. The second kappa shape index (κ2) is 6.94. The number of aryl methyl sites for hydroxylation is 2. The van der Waals surface area contributed by atoms with Crippen molar-refractivity contribution in [1.82, 2.24) is 9.78 Å². The minimum absolute atomic E-state index is 0.0497. The minimum Gasteiger partial charge on any atom is -0.232 e. The summed E-state index contributed by atoms with van der Waals surface area (Å²) in [5.41, 5.74) is 0.379. The third kappa shape index (κ3) is 4.02. The van der Waals surface area contributed by atoms with Crippen LogP contribution in [0.1, 0.15) is 16.8 Å². The molecule has 4 nitrogen and oxygen atoms in total. The van der Waals surface area contributed by atoms with E-state index in [0.29, 0.717) is 24.0 Å².